The number of nitrogens with one attached hydrogen (secondary N) is 2. The molecule has 0 saturated carbocycles. The molecule has 2 N–H and O–H groups in total. The van der Waals surface area contributed by atoms with E-state index < -0.39 is 0 Å². The van der Waals surface area contributed by atoms with Gasteiger partial charge in [-0.2, -0.15) is 0 Å². The van der Waals surface area contributed by atoms with Crippen LogP contribution in [0.5, 0.6) is 5.75 Å². The summed E-state index contributed by atoms with van der Waals surface area (Å²) in [5.41, 5.74) is 4.18. The van der Waals surface area contributed by atoms with Crippen LogP contribution in [0.3, 0.4) is 0 Å². The molecule has 186 valence electrons. The van der Waals surface area contributed by atoms with Gasteiger partial charge in [0.1, 0.15) is 5.75 Å². The van der Waals surface area contributed by atoms with Crippen molar-refractivity contribution in [3.05, 3.63) is 75.8 Å². The summed E-state index contributed by atoms with van der Waals surface area (Å²) in [6.45, 7) is 2.56. The molecule has 0 spiro atoms. The van der Waals surface area contributed by atoms with Crippen LogP contribution in [0.25, 0.3) is 6.08 Å². The zero-order valence-electron chi connectivity index (χ0n) is 20.7. The van der Waals surface area contributed by atoms with E-state index in [1.165, 1.54) is 0 Å². The largest absolute Gasteiger partial charge is 0.497 e. The first-order chi connectivity index (χ1) is 16.9. The molecular weight excluding hydrogens is 481 g/mol. The number of anilines is 3. The van der Waals surface area contributed by atoms with Gasteiger partial charge in [-0.25, -0.2) is 0 Å². The predicted molar refractivity (Wildman–Crippen MR) is 149 cm³/mol. The number of amides is 1. The molecule has 1 aliphatic carbocycles. The molecule has 3 rings (SSSR count). The van der Waals surface area contributed by atoms with Gasteiger partial charge < -0.3 is 20.3 Å². The van der Waals surface area contributed by atoms with Gasteiger partial charge >= 0.3 is 0 Å². The van der Waals surface area contributed by atoms with Crippen molar-refractivity contribution >= 4 is 52.2 Å². The molecule has 35 heavy (non-hydrogen) atoms. The Hall–Kier alpha value is -2.89. The minimum absolute atomic E-state index is 0.0778. The van der Waals surface area contributed by atoms with E-state index in [1.54, 1.807) is 7.11 Å². The number of allylic oxidation sites excluding steroid dienone is 4. The first-order valence-corrected chi connectivity index (χ1v) is 12.5. The number of benzene rings is 2. The van der Waals surface area contributed by atoms with Crippen molar-refractivity contribution in [2.24, 2.45) is 5.92 Å². The molecule has 1 unspecified atom stereocenters. The number of methoxy groups -OCH3 is 1. The Kier molecular flexibility index (Phi) is 9.70. The molecule has 0 bridgehead atoms. The van der Waals surface area contributed by atoms with Crippen LogP contribution < -0.4 is 20.3 Å². The fourth-order valence-corrected chi connectivity index (χ4v) is 4.65. The molecule has 2 aromatic carbocycles. The lowest BCUT2D eigenvalue weighted by molar-refractivity contribution is -0.117. The van der Waals surface area contributed by atoms with Crippen molar-refractivity contribution in [2.45, 2.75) is 26.2 Å². The van der Waals surface area contributed by atoms with Crippen LogP contribution in [-0.4, -0.2) is 33.7 Å². The molecule has 0 aliphatic heterocycles. The smallest absolute Gasteiger partial charge is 0.247 e. The van der Waals surface area contributed by atoms with E-state index in [0.29, 0.717) is 29.5 Å². The summed E-state index contributed by atoms with van der Waals surface area (Å²) in [7, 11) is 5.46. The third-order valence-corrected chi connectivity index (χ3v) is 6.69. The lowest BCUT2D eigenvalue weighted by Crippen LogP contribution is -2.27. The van der Waals surface area contributed by atoms with Crippen molar-refractivity contribution in [2.75, 3.05) is 38.0 Å². The molecule has 0 saturated heterocycles. The van der Waals surface area contributed by atoms with Crippen molar-refractivity contribution in [1.82, 2.24) is 5.32 Å². The average molecular weight is 514 g/mol. The molecular formula is C28H33Cl2N3O2. The van der Waals surface area contributed by atoms with Gasteiger partial charge in [-0.15, -0.1) is 0 Å². The van der Waals surface area contributed by atoms with Gasteiger partial charge in [0.2, 0.25) is 5.91 Å². The first-order valence-electron chi connectivity index (χ1n) is 11.8. The zero-order valence-corrected chi connectivity index (χ0v) is 22.2. The minimum Gasteiger partial charge on any atom is -0.497 e. The lowest BCUT2D eigenvalue weighted by atomic mass is 9.97. The summed E-state index contributed by atoms with van der Waals surface area (Å²) in [5.74, 6) is 1.03. The second-order valence-corrected chi connectivity index (χ2v) is 9.23. The van der Waals surface area contributed by atoms with E-state index in [-0.39, 0.29) is 5.91 Å². The van der Waals surface area contributed by atoms with Crippen LogP contribution in [0, 0.1) is 5.92 Å². The Morgan fingerprint density at radius 1 is 1.26 bits per heavy atom. The molecule has 0 aromatic heterocycles. The average Bonchev–Trinajstić information content (AvgIpc) is 2.87. The Bertz CT molecular complexity index is 1140. The van der Waals surface area contributed by atoms with Crippen molar-refractivity contribution in [3.8, 4) is 5.75 Å². The maximum Gasteiger partial charge on any atom is 0.247 e. The van der Waals surface area contributed by atoms with Crippen molar-refractivity contribution in [3.63, 3.8) is 0 Å². The summed E-state index contributed by atoms with van der Waals surface area (Å²) in [6, 6.07) is 11.7. The molecule has 1 atom stereocenters. The number of nitrogens with zero attached hydrogens (tertiary/aromatic N) is 1. The molecule has 0 heterocycles. The van der Waals surface area contributed by atoms with Gasteiger partial charge in [0, 0.05) is 48.6 Å². The molecule has 1 aliphatic rings. The highest BCUT2D eigenvalue weighted by atomic mass is 35.5. The minimum atomic E-state index is -0.0778. The highest BCUT2D eigenvalue weighted by Gasteiger charge is 2.18. The van der Waals surface area contributed by atoms with E-state index in [9.17, 15) is 4.79 Å². The Balaban J connectivity index is 1.87. The standard InChI is InChI=1S/C28H33Cl2N3O2/c1-5-20(28(34)32-15-14-19-8-6-9-21(29)16-19)17-24-26(13-12-25(30)27(24)31-2)33(3)22-10-7-11-23(18-22)35-4/h6-7,9-13,16-19,31H,5,8,14-15H2,1-4H3,(H,32,34)/b20-17+. The number of carbonyl (C=O) groups is 1. The van der Waals surface area contributed by atoms with Crippen LogP contribution in [0.15, 0.2) is 65.2 Å². The number of carbonyl (C=O) groups excluding carboxylic acids is 1. The zero-order chi connectivity index (χ0) is 25.4. The topological polar surface area (TPSA) is 53.6 Å². The maximum atomic E-state index is 13.1. The van der Waals surface area contributed by atoms with E-state index in [2.05, 4.69) is 27.7 Å². The van der Waals surface area contributed by atoms with Gasteiger partial charge in [-0.05, 0) is 61.6 Å². The van der Waals surface area contributed by atoms with E-state index in [0.717, 1.165) is 46.2 Å². The van der Waals surface area contributed by atoms with Gasteiger partial charge in [0.05, 0.1) is 23.5 Å². The normalized spacial score (nSPS) is 15.4. The molecule has 1 amide bonds. The molecule has 2 aromatic rings. The third kappa shape index (κ3) is 6.83. The molecule has 5 nitrogen and oxygen atoms in total. The summed E-state index contributed by atoms with van der Waals surface area (Å²) in [6.07, 6.45) is 10.3. The highest BCUT2D eigenvalue weighted by molar-refractivity contribution is 6.34. The molecule has 0 fully saturated rings. The first kappa shape index (κ1) is 26.7. The van der Waals surface area contributed by atoms with E-state index in [4.69, 9.17) is 27.9 Å². The summed E-state index contributed by atoms with van der Waals surface area (Å²) in [4.78, 5) is 15.1. The van der Waals surface area contributed by atoms with Crippen LogP contribution in [0.1, 0.15) is 31.7 Å². The number of halogens is 2. The van der Waals surface area contributed by atoms with Gasteiger partial charge in [0.15, 0.2) is 0 Å². The predicted octanol–water partition coefficient (Wildman–Crippen LogP) is 7.16. The second kappa shape index (κ2) is 12.7. The van der Waals surface area contributed by atoms with E-state index in [1.807, 2.05) is 69.6 Å². The molecule has 0 radical (unpaired) electrons. The Morgan fingerprint density at radius 2 is 2.06 bits per heavy atom. The quantitative estimate of drug-likeness (QED) is 0.331. The fourth-order valence-electron chi connectivity index (χ4n) is 4.13. The van der Waals surface area contributed by atoms with Crippen molar-refractivity contribution in [1.29, 1.82) is 0 Å². The molecule has 7 heteroatoms. The maximum absolute atomic E-state index is 13.1. The third-order valence-electron chi connectivity index (χ3n) is 6.13. The fraction of sp³-hybridized carbons (Fsp3) is 0.321. The van der Waals surface area contributed by atoms with E-state index >= 15 is 0 Å². The van der Waals surface area contributed by atoms with Crippen LogP contribution in [0.4, 0.5) is 17.1 Å². The van der Waals surface area contributed by atoms with Gasteiger partial charge in [-0.1, -0.05) is 48.3 Å². The summed E-state index contributed by atoms with van der Waals surface area (Å²) >= 11 is 12.6. The SMILES string of the molecule is CC/C(=C\c1c(N(C)c2cccc(OC)c2)ccc(Cl)c1NC)C(=O)NCCC1C=C(Cl)C=CC1. The highest BCUT2D eigenvalue weighted by Crippen LogP contribution is 2.38. The van der Waals surface area contributed by atoms with Crippen molar-refractivity contribution < 1.29 is 9.53 Å². The Labute approximate surface area is 218 Å². The summed E-state index contributed by atoms with van der Waals surface area (Å²) < 4.78 is 5.40. The number of hydrogen-bond acceptors (Lipinski definition) is 4. The number of ether oxygens (including phenoxy) is 1. The second-order valence-electron chi connectivity index (χ2n) is 8.38. The lowest BCUT2D eigenvalue weighted by Gasteiger charge is -2.25. The van der Waals surface area contributed by atoms with Gasteiger partial charge in [-0.3, -0.25) is 4.79 Å². The van der Waals surface area contributed by atoms with Gasteiger partial charge in [0.25, 0.3) is 0 Å². The van der Waals surface area contributed by atoms with Crippen LogP contribution in [0.2, 0.25) is 5.02 Å². The number of rotatable bonds is 10. The monoisotopic (exact) mass is 513 g/mol. The van der Waals surface area contributed by atoms with Crippen LogP contribution >= 0.6 is 23.2 Å². The Morgan fingerprint density at radius 3 is 2.74 bits per heavy atom. The number of hydrogen-bond donors (Lipinski definition) is 2. The summed E-state index contributed by atoms with van der Waals surface area (Å²) in [5, 5.41) is 7.63. The van der Waals surface area contributed by atoms with Crippen LogP contribution in [-0.2, 0) is 4.79 Å².